The van der Waals surface area contributed by atoms with Crippen LogP contribution in [0.1, 0.15) is 44.1 Å². The third kappa shape index (κ3) is 3.52. The zero-order valence-electron chi connectivity index (χ0n) is 12.0. The Kier molecular flexibility index (Phi) is 4.68. The van der Waals surface area contributed by atoms with Crippen molar-refractivity contribution in [2.24, 2.45) is 5.73 Å². The van der Waals surface area contributed by atoms with Gasteiger partial charge in [-0.1, -0.05) is 11.6 Å². The largest absolute Gasteiger partial charge is 0.487 e. The van der Waals surface area contributed by atoms with Gasteiger partial charge in [0.1, 0.15) is 12.4 Å². The summed E-state index contributed by atoms with van der Waals surface area (Å²) in [7, 11) is 0. The molecule has 20 heavy (non-hydrogen) atoms. The predicted molar refractivity (Wildman–Crippen MR) is 81.0 cm³/mol. The molecule has 1 atom stereocenters. The van der Waals surface area contributed by atoms with Gasteiger partial charge in [0.25, 0.3) is 0 Å². The minimum Gasteiger partial charge on any atom is -0.487 e. The Labute approximate surface area is 124 Å². The Balaban J connectivity index is 2.10. The smallest absolute Gasteiger partial charge is 0.132 e. The molecule has 1 heterocycles. The van der Waals surface area contributed by atoms with E-state index in [0.717, 1.165) is 17.0 Å². The molecule has 2 rings (SSSR count). The zero-order valence-corrected chi connectivity index (χ0v) is 12.8. The van der Waals surface area contributed by atoms with Gasteiger partial charge in [-0.25, -0.2) is 0 Å². The van der Waals surface area contributed by atoms with Crippen LogP contribution in [0.2, 0.25) is 5.02 Å². The van der Waals surface area contributed by atoms with Gasteiger partial charge in [0.05, 0.1) is 5.69 Å². The van der Waals surface area contributed by atoms with Crippen LogP contribution in [0.3, 0.4) is 0 Å². The van der Waals surface area contributed by atoms with Crippen LogP contribution in [0, 0.1) is 0 Å². The fourth-order valence-electron chi connectivity index (χ4n) is 1.90. The lowest BCUT2D eigenvalue weighted by Crippen LogP contribution is -2.08. The van der Waals surface area contributed by atoms with Crippen LogP contribution < -0.4 is 10.5 Å². The first-order valence-electron chi connectivity index (χ1n) is 6.69. The van der Waals surface area contributed by atoms with Gasteiger partial charge in [-0.3, -0.25) is 4.68 Å². The number of halogens is 1. The Morgan fingerprint density at radius 3 is 2.65 bits per heavy atom. The summed E-state index contributed by atoms with van der Waals surface area (Å²) in [6.45, 7) is 6.50. The van der Waals surface area contributed by atoms with Crippen LogP contribution in [0.15, 0.2) is 30.5 Å². The minimum absolute atomic E-state index is 0.128. The van der Waals surface area contributed by atoms with Gasteiger partial charge in [-0.2, -0.15) is 5.10 Å². The van der Waals surface area contributed by atoms with E-state index in [4.69, 9.17) is 22.1 Å². The SMILES string of the molecule is CC(C)n1ccc(COc2ccc(Cl)cc2[C@H](C)N)n1. The van der Waals surface area contributed by atoms with Crippen molar-refractivity contribution in [1.82, 2.24) is 9.78 Å². The Hall–Kier alpha value is -1.52. The summed E-state index contributed by atoms with van der Waals surface area (Å²) in [4.78, 5) is 0. The number of hydrogen-bond acceptors (Lipinski definition) is 3. The average Bonchev–Trinajstić information content (AvgIpc) is 2.86. The molecule has 0 amide bonds. The van der Waals surface area contributed by atoms with Crippen LogP contribution in [0.25, 0.3) is 0 Å². The number of nitrogens with two attached hydrogens (primary N) is 1. The molecule has 0 aliphatic rings. The highest BCUT2D eigenvalue weighted by molar-refractivity contribution is 6.30. The molecule has 2 aromatic rings. The van der Waals surface area contributed by atoms with Gasteiger partial charge in [0.15, 0.2) is 0 Å². The van der Waals surface area contributed by atoms with E-state index in [1.165, 1.54) is 0 Å². The molecule has 5 heteroatoms. The molecule has 0 aliphatic heterocycles. The van der Waals surface area contributed by atoms with E-state index in [0.29, 0.717) is 17.7 Å². The number of ether oxygens (including phenoxy) is 1. The van der Waals surface area contributed by atoms with E-state index in [1.54, 1.807) is 6.07 Å². The van der Waals surface area contributed by atoms with Crippen molar-refractivity contribution in [3.63, 3.8) is 0 Å². The Bertz CT molecular complexity index is 578. The maximum atomic E-state index is 5.99. The van der Waals surface area contributed by atoms with Gasteiger partial charge < -0.3 is 10.5 Å². The van der Waals surface area contributed by atoms with Gasteiger partial charge in [0, 0.05) is 28.9 Å². The summed E-state index contributed by atoms with van der Waals surface area (Å²) in [5.41, 5.74) is 7.73. The summed E-state index contributed by atoms with van der Waals surface area (Å²) < 4.78 is 7.73. The van der Waals surface area contributed by atoms with Crippen molar-refractivity contribution in [2.75, 3.05) is 0 Å². The Morgan fingerprint density at radius 1 is 1.30 bits per heavy atom. The van der Waals surface area contributed by atoms with Gasteiger partial charge in [0.2, 0.25) is 0 Å². The predicted octanol–water partition coefficient (Wildman–Crippen LogP) is 3.72. The maximum absolute atomic E-state index is 5.99. The fraction of sp³-hybridized carbons (Fsp3) is 0.400. The van der Waals surface area contributed by atoms with Crippen molar-refractivity contribution < 1.29 is 4.74 Å². The summed E-state index contributed by atoms with van der Waals surface area (Å²) in [6.07, 6.45) is 1.96. The lowest BCUT2D eigenvalue weighted by molar-refractivity contribution is 0.294. The first kappa shape index (κ1) is 14.9. The highest BCUT2D eigenvalue weighted by Gasteiger charge is 2.10. The first-order chi connectivity index (χ1) is 9.47. The molecular weight excluding hydrogens is 274 g/mol. The molecule has 108 valence electrons. The average molecular weight is 294 g/mol. The molecule has 0 fully saturated rings. The van der Waals surface area contributed by atoms with Crippen LogP contribution in [0.4, 0.5) is 0 Å². The number of benzene rings is 1. The van der Waals surface area contributed by atoms with E-state index in [2.05, 4.69) is 18.9 Å². The van der Waals surface area contributed by atoms with Gasteiger partial charge in [-0.05, 0) is 45.0 Å². The second kappa shape index (κ2) is 6.29. The number of aromatic nitrogens is 2. The van der Waals surface area contributed by atoms with Gasteiger partial charge in [-0.15, -0.1) is 0 Å². The molecule has 0 saturated carbocycles. The molecule has 0 aliphatic carbocycles. The molecule has 2 N–H and O–H groups in total. The summed E-state index contributed by atoms with van der Waals surface area (Å²) >= 11 is 5.99. The molecule has 0 spiro atoms. The maximum Gasteiger partial charge on any atom is 0.132 e. The monoisotopic (exact) mass is 293 g/mol. The highest BCUT2D eigenvalue weighted by Crippen LogP contribution is 2.27. The van der Waals surface area contributed by atoms with E-state index >= 15 is 0 Å². The van der Waals surface area contributed by atoms with Crippen molar-refractivity contribution in [1.29, 1.82) is 0 Å². The molecule has 0 unspecified atom stereocenters. The Morgan fingerprint density at radius 2 is 2.05 bits per heavy atom. The molecular formula is C15H20ClN3O. The second-order valence-electron chi connectivity index (χ2n) is 5.14. The van der Waals surface area contributed by atoms with Gasteiger partial charge >= 0.3 is 0 Å². The van der Waals surface area contributed by atoms with Crippen LogP contribution in [0.5, 0.6) is 5.75 Å². The van der Waals surface area contributed by atoms with Crippen molar-refractivity contribution >= 4 is 11.6 Å². The minimum atomic E-state index is -0.128. The van der Waals surface area contributed by atoms with Crippen LogP contribution >= 0.6 is 11.6 Å². The molecule has 1 aromatic heterocycles. The van der Waals surface area contributed by atoms with Crippen molar-refractivity contribution in [3.8, 4) is 5.75 Å². The first-order valence-corrected chi connectivity index (χ1v) is 7.07. The molecule has 0 saturated heterocycles. The molecule has 0 radical (unpaired) electrons. The van der Waals surface area contributed by atoms with Crippen molar-refractivity contribution in [3.05, 3.63) is 46.7 Å². The van der Waals surface area contributed by atoms with E-state index in [-0.39, 0.29) is 6.04 Å². The number of hydrogen-bond donors (Lipinski definition) is 1. The van der Waals surface area contributed by atoms with E-state index in [1.807, 2.05) is 36.0 Å². The van der Waals surface area contributed by atoms with E-state index in [9.17, 15) is 0 Å². The lowest BCUT2D eigenvalue weighted by atomic mass is 10.1. The zero-order chi connectivity index (χ0) is 14.7. The normalized spacial score (nSPS) is 12.7. The molecule has 1 aromatic carbocycles. The third-order valence-electron chi connectivity index (χ3n) is 3.03. The number of rotatable bonds is 5. The quantitative estimate of drug-likeness (QED) is 0.914. The topological polar surface area (TPSA) is 53.1 Å². The van der Waals surface area contributed by atoms with Crippen LogP contribution in [-0.4, -0.2) is 9.78 Å². The lowest BCUT2D eigenvalue weighted by Gasteiger charge is -2.13. The third-order valence-corrected chi connectivity index (χ3v) is 3.27. The molecule has 4 nitrogen and oxygen atoms in total. The molecule has 0 bridgehead atoms. The van der Waals surface area contributed by atoms with Crippen LogP contribution in [-0.2, 0) is 6.61 Å². The fourth-order valence-corrected chi connectivity index (χ4v) is 2.08. The summed E-state index contributed by atoms with van der Waals surface area (Å²) in [6, 6.07) is 7.67. The summed E-state index contributed by atoms with van der Waals surface area (Å²) in [5.74, 6) is 0.753. The number of nitrogens with zero attached hydrogens (tertiary/aromatic N) is 2. The second-order valence-corrected chi connectivity index (χ2v) is 5.58. The standard InChI is InChI=1S/C15H20ClN3O/c1-10(2)19-7-6-13(18-19)9-20-15-5-4-12(16)8-14(15)11(3)17/h4-8,10-11H,9,17H2,1-3H3/t11-/m0/s1. The van der Waals surface area contributed by atoms with Crippen molar-refractivity contribution in [2.45, 2.75) is 39.5 Å². The highest BCUT2D eigenvalue weighted by atomic mass is 35.5. The summed E-state index contributed by atoms with van der Waals surface area (Å²) in [5, 5.41) is 5.11. The van der Waals surface area contributed by atoms with E-state index < -0.39 is 0 Å².